The van der Waals surface area contributed by atoms with E-state index in [4.69, 9.17) is 8.53 Å². The second kappa shape index (κ2) is 16.5. The summed E-state index contributed by atoms with van der Waals surface area (Å²) in [6, 6.07) is 41.0. The summed E-state index contributed by atoms with van der Waals surface area (Å²) in [4.78, 5) is 9.25. The minimum absolute atomic E-state index is 0. The van der Waals surface area contributed by atoms with Crippen molar-refractivity contribution in [3.05, 3.63) is 139 Å². The summed E-state index contributed by atoms with van der Waals surface area (Å²) in [7, 11) is -1.70. The quantitative estimate of drug-likeness (QED) is 0.123. The fourth-order valence-corrected chi connectivity index (χ4v) is 8.45. The number of hydrogen-bond donors (Lipinski definition) is 0. The van der Waals surface area contributed by atoms with Gasteiger partial charge in [0.25, 0.3) is 0 Å². The maximum absolute atomic E-state index is 9.02. The average molecular weight is 894 g/mol. The van der Waals surface area contributed by atoms with Gasteiger partial charge in [-0.25, -0.2) is 0 Å². The van der Waals surface area contributed by atoms with Crippen LogP contribution < -0.4 is 5.19 Å². The van der Waals surface area contributed by atoms with Crippen molar-refractivity contribution in [3.63, 3.8) is 0 Å². The molecule has 273 valence electrons. The number of rotatable bonds is 6. The molecule has 0 saturated heterocycles. The van der Waals surface area contributed by atoms with Gasteiger partial charge in [0.15, 0.2) is 0 Å². The molecule has 0 unspecified atom stereocenters. The van der Waals surface area contributed by atoms with E-state index in [1.807, 2.05) is 81.7 Å². The molecule has 3 nitrogen and oxygen atoms in total. The molecule has 7 aromatic rings. The number of furan rings is 1. The molecule has 1 saturated carbocycles. The number of benzene rings is 4. The van der Waals surface area contributed by atoms with Gasteiger partial charge in [-0.15, -0.1) is 54.1 Å². The number of aromatic nitrogens is 2. The Hall–Kier alpha value is -4.15. The van der Waals surface area contributed by atoms with Gasteiger partial charge >= 0.3 is 0 Å². The minimum Gasteiger partial charge on any atom is -0.501 e. The van der Waals surface area contributed by atoms with Crippen LogP contribution in [0.5, 0.6) is 0 Å². The Morgan fingerprint density at radius 2 is 1.57 bits per heavy atom. The van der Waals surface area contributed by atoms with Crippen molar-refractivity contribution in [2.75, 3.05) is 0 Å². The Balaban J connectivity index is 0.000000198. The zero-order valence-corrected chi connectivity index (χ0v) is 35.0. The molecule has 1 radical (unpaired) electrons. The van der Waals surface area contributed by atoms with Crippen molar-refractivity contribution in [2.45, 2.75) is 84.8 Å². The van der Waals surface area contributed by atoms with E-state index in [0.717, 1.165) is 92.0 Å². The van der Waals surface area contributed by atoms with Crippen LogP contribution in [0.1, 0.15) is 74.0 Å². The zero-order chi connectivity index (χ0) is 39.0. The Labute approximate surface area is 334 Å². The van der Waals surface area contributed by atoms with Crippen LogP contribution in [0, 0.1) is 17.5 Å². The average Bonchev–Trinajstić information content (AvgIpc) is 3.56. The van der Waals surface area contributed by atoms with Crippen molar-refractivity contribution in [3.8, 4) is 33.6 Å². The molecule has 5 heteroatoms. The van der Waals surface area contributed by atoms with E-state index in [1.165, 1.54) is 12.0 Å². The standard InChI is InChI=1S/C29H24NO.C19H26NSi.Ir/c1-3-8-20(9-4-1)22-14-15-24-25-12-7-13-26(29(25)31-28(24)19-22)27-18-23(16-17-30-27)21-10-5-2-6-11-21;1-19(2,3)13-16-12-17(15-10-8-7-9-11-15)20-14-18(16)21(4,5)6;/h1,3-4,7-9,12,14-19,21H,2,5-6,10-11H2;7-10,12,14H,13H2,1-6H3;/q2*-1;/i21D;13D2;. The molecule has 0 spiro atoms. The zero-order valence-electron chi connectivity index (χ0n) is 34.6. The van der Waals surface area contributed by atoms with E-state index in [9.17, 15) is 0 Å². The maximum atomic E-state index is 9.02. The molecular weight excluding hydrogens is 841 g/mol. The van der Waals surface area contributed by atoms with Crippen molar-refractivity contribution < 1.29 is 28.6 Å². The molecule has 1 aliphatic rings. The first kappa shape index (κ1) is 34.6. The SMILES string of the molecule is [2H]C([2H])(c1cc(-c2[c-]cccc2)ncc1[Si](C)(C)C)C(C)(C)C.[2H]C1(c2ccnc(-c3[c-]ccc4c3oc3cc(-c5ccccc5)ccc34)c2)CCCCC1.[Ir]. The van der Waals surface area contributed by atoms with E-state index >= 15 is 0 Å². The van der Waals surface area contributed by atoms with E-state index < -0.39 is 25.8 Å². The summed E-state index contributed by atoms with van der Waals surface area (Å²) in [6.07, 6.45) is 7.60. The summed E-state index contributed by atoms with van der Waals surface area (Å²) < 4.78 is 32.9. The summed E-state index contributed by atoms with van der Waals surface area (Å²) in [5, 5.41) is 3.26. The predicted octanol–water partition coefficient (Wildman–Crippen LogP) is 12.8. The largest absolute Gasteiger partial charge is 0.501 e. The van der Waals surface area contributed by atoms with Crippen LogP contribution >= 0.6 is 0 Å². The van der Waals surface area contributed by atoms with Gasteiger partial charge in [0.1, 0.15) is 5.58 Å². The monoisotopic (exact) mass is 894 g/mol. The Morgan fingerprint density at radius 1 is 0.792 bits per heavy atom. The molecule has 3 heterocycles. The fourth-order valence-electron chi connectivity index (χ4n) is 7.06. The Morgan fingerprint density at radius 3 is 2.28 bits per heavy atom. The molecule has 53 heavy (non-hydrogen) atoms. The van der Waals surface area contributed by atoms with Crippen LogP contribution in [0.3, 0.4) is 0 Å². The van der Waals surface area contributed by atoms with E-state index in [-0.39, 0.29) is 20.1 Å². The van der Waals surface area contributed by atoms with Crippen LogP contribution in [-0.4, -0.2) is 18.0 Å². The smallest absolute Gasteiger partial charge is 0.121 e. The van der Waals surface area contributed by atoms with Crippen molar-refractivity contribution in [2.24, 2.45) is 5.41 Å². The summed E-state index contributed by atoms with van der Waals surface area (Å²) >= 11 is 0. The number of fused-ring (bicyclic) bond motifs is 3. The van der Waals surface area contributed by atoms with Crippen LogP contribution in [0.15, 0.2) is 120 Å². The number of hydrogen-bond acceptors (Lipinski definition) is 3. The van der Waals surface area contributed by atoms with Gasteiger partial charge in [-0.1, -0.05) is 136 Å². The third-order valence-electron chi connectivity index (χ3n) is 9.63. The van der Waals surface area contributed by atoms with Crippen LogP contribution in [0.25, 0.3) is 55.6 Å². The van der Waals surface area contributed by atoms with Gasteiger partial charge < -0.3 is 14.4 Å². The molecule has 4 aromatic carbocycles. The summed E-state index contributed by atoms with van der Waals surface area (Å²) in [5.41, 5.74) is 8.70. The molecular formula is C48H50IrN2OSi-2. The Bertz CT molecular complexity index is 2430. The van der Waals surface area contributed by atoms with Crippen molar-refractivity contribution in [1.29, 1.82) is 0 Å². The molecule has 0 N–H and O–H groups in total. The summed E-state index contributed by atoms with van der Waals surface area (Å²) in [5.74, 6) is -0.512. The van der Waals surface area contributed by atoms with E-state index in [1.54, 1.807) is 0 Å². The van der Waals surface area contributed by atoms with Gasteiger partial charge in [-0.05, 0) is 70.4 Å². The van der Waals surface area contributed by atoms with Gasteiger partial charge in [-0.3, -0.25) is 0 Å². The fraction of sp³-hybridized carbons (Fsp3) is 0.292. The molecule has 3 aromatic heterocycles. The maximum Gasteiger partial charge on any atom is 0.121 e. The van der Waals surface area contributed by atoms with Crippen LogP contribution in [0.2, 0.25) is 19.6 Å². The molecule has 0 atom stereocenters. The molecule has 1 fully saturated rings. The van der Waals surface area contributed by atoms with Crippen molar-refractivity contribution >= 4 is 35.2 Å². The third kappa shape index (κ3) is 9.15. The first-order chi connectivity index (χ1) is 26.2. The second-order valence-corrected chi connectivity index (χ2v) is 20.9. The number of nitrogens with zero attached hydrogens (tertiary/aromatic N) is 2. The van der Waals surface area contributed by atoms with Gasteiger partial charge in [0, 0.05) is 42.0 Å². The third-order valence-corrected chi connectivity index (χ3v) is 11.6. The van der Waals surface area contributed by atoms with Gasteiger partial charge in [0.05, 0.1) is 13.7 Å². The van der Waals surface area contributed by atoms with Crippen LogP contribution in [0.4, 0.5) is 0 Å². The topological polar surface area (TPSA) is 38.9 Å². The molecule has 8 rings (SSSR count). The molecule has 1 aliphatic carbocycles. The van der Waals surface area contributed by atoms with Gasteiger partial charge in [0.2, 0.25) is 0 Å². The number of pyridine rings is 2. The van der Waals surface area contributed by atoms with E-state index in [0.29, 0.717) is 0 Å². The predicted molar refractivity (Wildman–Crippen MR) is 222 cm³/mol. The van der Waals surface area contributed by atoms with Crippen LogP contribution in [-0.2, 0) is 26.5 Å². The van der Waals surface area contributed by atoms with E-state index in [2.05, 4.69) is 96.3 Å². The molecule has 0 aliphatic heterocycles. The second-order valence-electron chi connectivity index (χ2n) is 15.9. The molecule has 0 bridgehead atoms. The normalized spacial score (nSPS) is 15.4. The van der Waals surface area contributed by atoms with Gasteiger partial charge in [-0.2, -0.15) is 0 Å². The van der Waals surface area contributed by atoms with Crippen molar-refractivity contribution in [1.82, 2.24) is 9.97 Å². The molecule has 0 amide bonds. The first-order valence-electron chi connectivity index (χ1n) is 20.0. The Kier molecular flexibility index (Phi) is 10.8. The first-order valence-corrected chi connectivity index (χ1v) is 22.0. The summed E-state index contributed by atoms with van der Waals surface area (Å²) in [6.45, 7) is 12.6. The minimum atomic E-state index is -1.70.